The smallest absolute Gasteiger partial charge is 0.190 e. The highest BCUT2D eigenvalue weighted by atomic mass is 15.2. The van der Waals surface area contributed by atoms with Crippen LogP contribution in [0.4, 0.5) is 0 Å². The minimum absolute atomic E-state index is 0.949. The van der Waals surface area contributed by atoms with E-state index in [9.17, 15) is 0 Å². The highest BCUT2D eigenvalue weighted by molar-refractivity contribution is 5.79. The van der Waals surface area contributed by atoms with Gasteiger partial charge in [0.2, 0.25) is 0 Å². The maximum Gasteiger partial charge on any atom is 0.190 e. The van der Waals surface area contributed by atoms with Crippen LogP contribution in [0.2, 0.25) is 0 Å². The van der Waals surface area contributed by atoms with Crippen LogP contribution >= 0.6 is 0 Å². The van der Waals surface area contributed by atoms with Gasteiger partial charge in [-0.05, 0) is 45.8 Å². The molecule has 0 radical (unpaired) electrons. The van der Waals surface area contributed by atoms with Gasteiger partial charge in [0.05, 0.1) is 0 Å². The van der Waals surface area contributed by atoms with E-state index in [-0.39, 0.29) is 0 Å². The topological polar surface area (TPSA) is 39.7 Å². The maximum absolute atomic E-state index is 4.25. The zero-order chi connectivity index (χ0) is 13.9. The SMILES string of the molecule is CN=C(NCCCC1CCCC1)NCCCN(C)C. The van der Waals surface area contributed by atoms with E-state index in [1.807, 2.05) is 7.05 Å². The Hall–Kier alpha value is -0.770. The van der Waals surface area contributed by atoms with Crippen LogP contribution in [0.15, 0.2) is 4.99 Å². The number of rotatable bonds is 8. The molecule has 0 amide bonds. The molecular formula is C15H32N4. The molecule has 4 nitrogen and oxygen atoms in total. The minimum atomic E-state index is 0.949. The lowest BCUT2D eigenvalue weighted by Gasteiger charge is -2.14. The van der Waals surface area contributed by atoms with Gasteiger partial charge >= 0.3 is 0 Å². The molecule has 19 heavy (non-hydrogen) atoms. The number of guanidine groups is 1. The summed E-state index contributed by atoms with van der Waals surface area (Å²) < 4.78 is 0. The molecule has 0 atom stereocenters. The lowest BCUT2D eigenvalue weighted by atomic mass is 10.0. The molecule has 0 spiro atoms. The third kappa shape index (κ3) is 8.09. The number of aliphatic imine (C=N–C) groups is 1. The Labute approximate surface area is 119 Å². The van der Waals surface area contributed by atoms with Crippen LogP contribution in [0, 0.1) is 5.92 Å². The highest BCUT2D eigenvalue weighted by Crippen LogP contribution is 2.28. The van der Waals surface area contributed by atoms with Crippen molar-refractivity contribution in [1.82, 2.24) is 15.5 Å². The number of nitrogens with one attached hydrogen (secondary N) is 2. The van der Waals surface area contributed by atoms with Gasteiger partial charge in [-0.1, -0.05) is 25.7 Å². The Morgan fingerprint density at radius 3 is 2.32 bits per heavy atom. The fraction of sp³-hybridized carbons (Fsp3) is 0.933. The van der Waals surface area contributed by atoms with Crippen molar-refractivity contribution in [3.05, 3.63) is 0 Å². The van der Waals surface area contributed by atoms with Crippen molar-refractivity contribution < 1.29 is 0 Å². The summed E-state index contributed by atoms with van der Waals surface area (Å²) >= 11 is 0. The average Bonchev–Trinajstić information content (AvgIpc) is 2.89. The lowest BCUT2D eigenvalue weighted by Crippen LogP contribution is -2.38. The largest absolute Gasteiger partial charge is 0.356 e. The first-order valence-corrected chi connectivity index (χ1v) is 7.81. The molecule has 112 valence electrons. The van der Waals surface area contributed by atoms with Gasteiger partial charge in [0, 0.05) is 20.1 Å². The minimum Gasteiger partial charge on any atom is -0.356 e. The van der Waals surface area contributed by atoms with E-state index < -0.39 is 0 Å². The van der Waals surface area contributed by atoms with E-state index >= 15 is 0 Å². The van der Waals surface area contributed by atoms with Gasteiger partial charge < -0.3 is 15.5 Å². The molecule has 0 heterocycles. The monoisotopic (exact) mass is 268 g/mol. The molecule has 1 aliphatic carbocycles. The van der Waals surface area contributed by atoms with E-state index in [0.717, 1.165) is 37.9 Å². The second-order valence-electron chi connectivity index (χ2n) is 5.88. The van der Waals surface area contributed by atoms with Gasteiger partial charge in [0.25, 0.3) is 0 Å². The Bertz CT molecular complexity index is 245. The summed E-state index contributed by atoms with van der Waals surface area (Å²) in [5.74, 6) is 1.95. The molecule has 4 heteroatoms. The van der Waals surface area contributed by atoms with Crippen LogP contribution < -0.4 is 10.6 Å². The first-order valence-electron chi connectivity index (χ1n) is 7.81. The molecule has 0 bridgehead atoms. The predicted molar refractivity (Wildman–Crippen MR) is 83.7 cm³/mol. The molecule has 1 fully saturated rings. The van der Waals surface area contributed by atoms with E-state index in [0.29, 0.717) is 0 Å². The standard InChI is InChI=1S/C15H32N4/c1-16-15(18-12-7-13-19(2)3)17-11-6-10-14-8-4-5-9-14/h14H,4-13H2,1-3H3,(H2,16,17,18). The van der Waals surface area contributed by atoms with Crippen LogP contribution in [0.1, 0.15) is 44.9 Å². The van der Waals surface area contributed by atoms with Crippen molar-refractivity contribution in [2.24, 2.45) is 10.9 Å². The fourth-order valence-corrected chi connectivity index (χ4v) is 2.72. The Morgan fingerprint density at radius 1 is 1.11 bits per heavy atom. The van der Waals surface area contributed by atoms with E-state index in [1.165, 1.54) is 38.5 Å². The molecule has 1 rings (SSSR count). The summed E-state index contributed by atoms with van der Waals surface area (Å²) in [5.41, 5.74) is 0. The van der Waals surface area contributed by atoms with E-state index in [1.54, 1.807) is 0 Å². The van der Waals surface area contributed by atoms with Gasteiger partial charge in [-0.3, -0.25) is 4.99 Å². The number of nitrogens with zero attached hydrogens (tertiary/aromatic N) is 2. The molecule has 2 N–H and O–H groups in total. The fourth-order valence-electron chi connectivity index (χ4n) is 2.72. The van der Waals surface area contributed by atoms with Gasteiger partial charge in [-0.2, -0.15) is 0 Å². The molecule has 0 aromatic rings. The van der Waals surface area contributed by atoms with Crippen molar-refractivity contribution in [2.75, 3.05) is 40.8 Å². The summed E-state index contributed by atoms with van der Waals surface area (Å²) in [4.78, 5) is 6.46. The zero-order valence-corrected chi connectivity index (χ0v) is 13.0. The molecular weight excluding hydrogens is 236 g/mol. The average molecular weight is 268 g/mol. The second kappa shape index (κ2) is 10.1. The Morgan fingerprint density at radius 2 is 1.74 bits per heavy atom. The molecule has 0 aromatic carbocycles. The van der Waals surface area contributed by atoms with Crippen LogP contribution in [0.5, 0.6) is 0 Å². The second-order valence-corrected chi connectivity index (χ2v) is 5.88. The molecule has 1 aliphatic rings. The maximum atomic E-state index is 4.25. The van der Waals surface area contributed by atoms with Crippen LogP contribution in [-0.4, -0.2) is 51.6 Å². The Kier molecular flexibility index (Phi) is 8.63. The number of hydrogen-bond donors (Lipinski definition) is 2. The first-order chi connectivity index (χ1) is 9.22. The third-order valence-corrected chi connectivity index (χ3v) is 3.85. The van der Waals surface area contributed by atoms with Gasteiger partial charge in [-0.15, -0.1) is 0 Å². The van der Waals surface area contributed by atoms with E-state index in [4.69, 9.17) is 0 Å². The first kappa shape index (κ1) is 16.3. The zero-order valence-electron chi connectivity index (χ0n) is 13.0. The Balaban J connectivity index is 1.98. The summed E-state index contributed by atoms with van der Waals surface area (Å²) in [5, 5.41) is 6.77. The van der Waals surface area contributed by atoms with Crippen molar-refractivity contribution >= 4 is 5.96 Å². The van der Waals surface area contributed by atoms with E-state index in [2.05, 4.69) is 34.6 Å². The summed E-state index contributed by atoms with van der Waals surface area (Å²) in [6.07, 6.45) is 9.61. The van der Waals surface area contributed by atoms with Crippen molar-refractivity contribution in [2.45, 2.75) is 44.9 Å². The molecule has 0 unspecified atom stereocenters. The van der Waals surface area contributed by atoms with Crippen LogP contribution in [0.3, 0.4) is 0 Å². The molecule has 0 aromatic heterocycles. The predicted octanol–water partition coefficient (Wildman–Crippen LogP) is 2.07. The third-order valence-electron chi connectivity index (χ3n) is 3.85. The van der Waals surface area contributed by atoms with Gasteiger partial charge in [-0.25, -0.2) is 0 Å². The molecule has 0 saturated heterocycles. The molecule has 1 saturated carbocycles. The molecule has 0 aliphatic heterocycles. The van der Waals surface area contributed by atoms with Gasteiger partial charge in [0.15, 0.2) is 5.96 Å². The lowest BCUT2D eigenvalue weighted by molar-refractivity contribution is 0.399. The summed E-state index contributed by atoms with van der Waals surface area (Å²) in [6.45, 7) is 3.15. The summed E-state index contributed by atoms with van der Waals surface area (Å²) in [7, 11) is 6.06. The number of hydrogen-bond acceptors (Lipinski definition) is 2. The van der Waals surface area contributed by atoms with Crippen molar-refractivity contribution in [3.8, 4) is 0 Å². The van der Waals surface area contributed by atoms with Crippen molar-refractivity contribution in [3.63, 3.8) is 0 Å². The normalized spacial score (nSPS) is 17.2. The van der Waals surface area contributed by atoms with Crippen LogP contribution in [0.25, 0.3) is 0 Å². The summed E-state index contributed by atoms with van der Waals surface area (Å²) in [6, 6.07) is 0. The highest BCUT2D eigenvalue weighted by Gasteiger charge is 2.13. The van der Waals surface area contributed by atoms with Crippen LogP contribution in [-0.2, 0) is 0 Å². The van der Waals surface area contributed by atoms with Crippen molar-refractivity contribution in [1.29, 1.82) is 0 Å². The van der Waals surface area contributed by atoms with Gasteiger partial charge in [0.1, 0.15) is 0 Å². The quantitative estimate of drug-likeness (QED) is 0.402.